The zero-order valence-electron chi connectivity index (χ0n) is 28.3. The van der Waals surface area contributed by atoms with Crippen LogP contribution >= 0.6 is 0 Å². The first-order valence-corrected chi connectivity index (χ1v) is 15.8. The molecule has 0 spiro atoms. The van der Waals surface area contributed by atoms with Crippen LogP contribution in [-0.2, 0) is 30.2 Å². The van der Waals surface area contributed by atoms with Crippen molar-refractivity contribution in [1.82, 2.24) is 19.9 Å². The number of fused-ring (bicyclic) bond motifs is 8. The quantitative estimate of drug-likeness (QED) is 0.194. The normalized spacial score (nSPS) is 15.8. The van der Waals surface area contributed by atoms with Gasteiger partial charge in [-0.15, -0.1) is 0 Å². The molecule has 2 aliphatic rings. The number of nitrogens with zero attached hydrogens (tertiary/aromatic N) is 2. The van der Waals surface area contributed by atoms with E-state index in [1.54, 1.807) is 6.08 Å². The fraction of sp³-hybridized carbons (Fsp3) is 0.378. The van der Waals surface area contributed by atoms with Gasteiger partial charge in [-0.05, 0) is 74.1 Å². The predicted molar refractivity (Wildman–Crippen MR) is 183 cm³/mol. The van der Waals surface area contributed by atoms with Crippen molar-refractivity contribution in [2.45, 2.75) is 72.1 Å². The fourth-order valence-corrected chi connectivity index (χ4v) is 6.78. The molecule has 2 N–H and O–H groups in total. The Labute approximate surface area is 274 Å². The minimum Gasteiger partial charge on any atom is -0.469 e. The predicted octanol–water partition coefficient (Wildman–Crippen LogP) is 7.26. The van der Waals surface area contributed by atoms with Crippen LogP contribution in [0.5, 0.6) is 0 Å². The molecular weight excluding hydrogens is 596 g/mol. The molecule has 0 aromatic carbocycles. The first-order chi connectivity index (χ1) is 22.5. The molecule has 0 amide bonds. The molecule has 0 saturated carbocycles. The molecule has 3 aromatic heterocycles. The Hall–Kier alpha value is -4.99. The van der Waals surface area contributed by atoms with E-state index in [-0.39, 0.29) is 30.6 Å². The maximum Gasteiger partial charge on any atom is 0.340 e. The summed E-state index contributed by atoms with van der Waals surface area (Å²) in [5.41, 5.74) is 11.4. The number of nitrogens with one attached hydrogen (secondary N) is 2. The van der Waals surface area contributed by atoms with E-state index in [0.717, 1.165) is 56.8 Å². The smallest absolute Gasteiger partial charge is 0.340 e. The standard InChI is InChI=1S/C37H42N4O6/c1-10-22-18(3)26-15-28-20(5)24(12-13-32(42)45-7)35(40-28)25(14-33(43)46-8)36-34(37(44)47-9)21(6)29(41-36)17-31-23(11-2)19(4)27(39-31)16-30(22)38-26/h11,15-17,20,24,39,41H,2,10,12-14H2,1,3-9H3/t20-,24-/m0/s1. The SMILES string of the molecule is C=Cc1c(C)c2cc3nc(cc4nc(c(CC(=O)OC)c5[nH]c(cc1[nH]2)c(C)c5C(=O)OC)[C@@H](CCC(=O)OC)[C@@H]4C)C(C)=C3CC. The summed E-state index contributed by atoms with van der Waals surface area (Å²) < 4.78 is 15.4. The maximum atomic E-state index is 13.4. The molecule has 246 valence electrons. The van der Waals surface area contributed by atoms with E-state index < -0.39 is 11.9 Å². The Morgan fingerprint density at radius 1 is 0.894 bits per heavy atom. The summed E-state index contributed by atoms with van der Waals surface area (Å²) in [6.07, 6.45) is 3.01. The van der Waals surface area contributed by atoms with Crippen LogP contribution in [0.3, 0.4) is 0 Å². The van der Waals surface area contributed by atoms with Gasteiger partial charge in [0.15, 0.2) is 0 Å². The third-order valence-corrected chi connectivity index (χ3v) is 9.56. The van der Waals surface area contributed by atoms with Crippen molar-refractivity contribution in [2.24, 2.45) is 0 Å². The molecule has 3 aromatic rings. The van der Waals surface area contributed by atoms with E-state index >= 15 is 0 Å². The lowest BCUT2D eigenvalue weighted by Gasteiger charge is -2.18. The number of aryl methyl sites for hydroxylation is 2. The summed E-state index contributed by atoms with van der Waals surface area (Å²) in [6.45, 7) is 14.2. The summed E-state index contributed by atoms with van der Waals surface area (Å²) in [5, 5.41) is 0. The molecule has 10 heteroatoms. The van der Waals surface area contributed by atoms with Crippen LogP contribution in [-0.4, -0.2) is 59.2 Å². The number of rotatable bonds is 8. The van der Waals surface area contributed by atoms with Crippen LogP contribution in [0.25, 0.3) is 39.3 Å². The van der Waals surface area contributed by atoms with Gasteiger partial charge >= 0.3 is 17.9 Å². The highest BCUT2D eigenvalue weighted by Gasteiger charge is 2.34. The topological polar surface area (TPSA) is 136 Å². The summed E-state index contributed by atoms with van der Waals surface area (Å²) in [5.74, 6) is -1.81. The highest BCUT2D eigenvalue weighted by molar-refractivity contribution is 6.03. The first kappa shape index (κ1) is 33.4. The number of aromatic amines is 2. The maximum absolute atomic E-state index is 13.4. The second kappa shape index (κ2) is 13.4. The summed E-state index contributed by atoms with van der Waals surface area (Å²) >= 11 is 0. The first-order valence-electron chi connectivity index (χ1n) is 15.8. The van der Waals surface area contributed by atoms with Crippen molar-refractivity contribution in [1.29, 1.82) is 0 Å². The molecule has 8 bridgehead atoms. The number of allylic oxidation sites excluding steroid dienone is 2. The molecule has 10 nitrogen and oxygen atoms in total. The van der Waals surface area contributed by atoms with E-state index in [4.69, 9.17) is 24.2 Å². The van der Waals surface area contributed by atoms with Gasteiger partial charge < -0.3 is 24.2 Å². The Balaban J connectivity index is 2.03. The molecule has 0 saturated heterocycles. The number of hydrogen-bond donors (Lipinski definition) is 2. The number of hydrogen-bond acceptors (Lipinski definition) is 8. The van der Waals surface area contributed by atoms with Gasteiger partial charge in [0.1, 0.15) is 0 Å². The third kappa shape index (κ3) is 6.00. The number of H-pyrrole nitrogens is 2. The van der Waals surface area contributed by atoms with Gasteiger partial charge in [-0.3, -0.25) is 14.6 Å². The van der Waals surface area contributed by atoms with Gasteiger partial charge in [-0.25, -0.2) is 9.78 Å². The van der Waals surface area contributed by atoms with Crippen LogP contribution in [0, 0.1) is 13.8 Å². The fourth-order valence-electron chi connectivity index (χ4n) is 6.78. The van der Waals surface area contributed by atoms with E-state index in [0.29, 0.717) is 39.8 Å². The lowest BCUT2D eigenvalue weighted by atomic mass is 9.85. The van der Waals surface area contributed by atoms with Crippen molar-refractivity contribution >= 4 is 57.2 Å². The molecule has 2 atom stereocenters. The minimum absolute atomic E-state index is 0.141. The number of ether oxygens (including phenoxy) is 3. The van der Waals surface area contributed by atoms with Gasteiger partial charge in [0, 0.05) is 51.6 Å². The third-order valence-electron chi connectivity index (χ3n) is 9.56. The summed E-state index contributed by atoms with van der Waals surface area (Å²) in [7, 11) is 4.01. The monoisotopic (exact) mass is 638 g/mol. The van der Waals surface area contributed by atoms with Crippen LogP contribution in [0.4, 0.5) is 0 Å². The zero-order valence-corrected chi connectivity index (χ0v) is 28.3. The highest BCUT2D eigenvalue weighted by Crippen LogP contribution is 2.43. The van der Waals surface area contributed by atoms with Gasteiger partial charge in [0.2, 0.25) is 0 Å². The lowest BCUT2D eigenvalue weighted by molar-refractivity contribution is -0.141. The average molecular weight is 639 g/mol. The molecule has 47 heavy (non-hydrogen) atoms. The minimum atomic E-state index is -0.557. The summed E-state index contributed by atoms with van der Waals surface area (Å²) in [4.78, 5) is 56.0. The Morgan fingerprint density at radius 3 is 2.23 bits per heavy atom. The second-order valence-corrected chi connectivity index (χ2v) is 12.0. The van der Waals surface area contributed by atoms with Gasteiger partial charge in [0.25, 0.3) is 0 Å². The average Bonchev–Trinajstić information content (AvgIpc) is 3.74. The van der Waals surface area contributed by atoms with Crippen molar-refractivity contribution < 1.29 is 28.6 Å². The number of carbonyl (C=O) groups excluding carboxylic acids is 3. The Morgan fingerprint density at radius 2 is 1.60 bits per heavy atom. The van der Waals surface area contributed by atoms with Crippen LogP contribution in [0.2, 0.25) is 0 Å². The van der Waals surface area contributed by atoms with Crippen LogP contribution in [0.1, 0.15) is 107 Å². The molecule has 0 unspecified atom stereocenters. The van der Waals surface area contributed by atoms with Crippen molar-refractivity contribution in [3.8, 4) is 0 Å². The Kier molecular flexibility index (Phi) is 9.51. The molecule has 0 radical (unpaired) electrons. The van der Waals surface area contributed by atoms with Crippen molar-refractivity contribution in [3.05, 3.63) is 75.4 Å². The van der Waals surface area contributed by atoms with Crippen LogP contribution in [0.15, 0.2) is 24.8 Å². The molecule has 0 fully saturated rings. The lowest BCUT2D eigenvalue weighted by Crippen LogP contribution is -2.13. The van der Waals surface area contributed by atoms with Gasteiger partial charge in [-0.1, -0.05) is 26.5 Å². The van der Waals surface area contributed by atoms with Crippen molar-refractivity contribution in [3.63, 3.8) is 0 Å². The van der Waals surface area contributed by atoms with Crippen LogP contribution < -0.4 is 0 Å². The number of carbonyl (C=O) groups is 3. The van der Waals surface area contributed by atoms with Crippen molar-refractivity contribution in [2.75, 3.05) is 21.3 Å². The molecule has 5 heterocycles. The molecule has 0 aliphatic carbocycles. The molecule has 5 rings (SSSR count). The zero-order chi connectivity index (χ0) is 34.2. The molecular formula is C37H42N4O6. The van der Waals surface area contributed by atoms with Gasteiger partial charge in [-0.2, -0.15) is 0 Å². The molecule has 2 aliphatic heterocycles. The Bertz CT molecular complexity index is 2000. The van der Waals surface area contributed by atoms with E-state index in [9.17, 15) is 14.4 Å². The number of esters is 3. The van der Waals surface area contributed by atoms with E-state index in [1.807, 2.05) is 26.0 Å². The van der Waals surface area contributed by atoms with E-state index in [2.05, 4.69) is 43.4 Å². The van der Waals surface area contributed by atoms with E-state index in [1.165, 1.54) is 21.3 Å². The second-order valence-electron chi connectivity index (χ2n) is 12.0. The van der Waals surface area contributed by atoms with Gasteiger partial charge in [0.05, 0.1) is 55.9 Å². The largest absolute Gasteiger partial charge is 0.469 e. The number of aromatic nitrogens is 4. The number of methoxy groups -OCH3 is 3. The highest BCUT2D eigenvalue weighted by atomic mass is 16.5. The summed E-state index contributed by atoms with van der Waals surface area (Å²) in [6, 6.07) is 6.00.